The second kappa shape index (κ2) is 8.24. The summed E-state index contributed by atoms with van der Waals surface area (Å²) in [4.78, 5) is 6.37. The summed E-state index contributed by atoms with van der Waals surface area (Å²) in [6, 6.07) is 11.3. The topological polar surface area (TPSA) is 67.2 Å². The second-order valence-corrected chi connectivity index (χ2v) is 11.2. The lowest BCUT2D eigenvalue weighted by molar-refractivity contribution is 0.220. The number of fused-ring (bicyclic) bond motifs is 1. The highest BCUT2D eigenvalue weighted by Crippen LogP contribution is 2.36. The monoisotopic (exact) mass is 520 g/mol. The van der Waals surface area contributed by atoms with Gasteiger partial charge in [-0.25, -0.2) is 18.1 Å². The van der Waals surface area contributed by atoms with E-state index in [2.05, 4.69) is 36.6 Å². The van der Waals surface area contributed by atoms with Crippen LogP contribution < -0.4 is 9.62 Å². The van der Waals surface area contributed by atoms with Crippen LogP contribution in [0.4, 0.5) is 5.69 Å². The van der Waals surface area contributed by atoms with Gasteiger partial charge >= 0.3 is 0 Å². The number of nitrogens with one attached hydrogen (secondary N) is 1. The number of imidazole rings is 1. The molecule has 0 radical (unpaired) electrons. The van der Waals surface area contributed by atoms with E-state index in [0.717, 1.165) is 42.6 Å². The van der Waals surface area contributed by atoms with Crippen LogP contribution in [0.1, 0.15) is 24.0 Å². The molecule has 1 fully saturated rings. The van der Waals surface area contributed by atoms with Crippen molar-refractivity contribution in [2.75, 3.05) is 4.90 Å². The van der Waals surface area contributed by atoms with Gasteiger partial charge in [0.05, 0.1) is 11.3 Å². The zero-order valence-electron chi connectivity index (χ0n) is 16.7. The Balaban J connectivity index is 1.24. The Morgan fingerprint density at radius 3 is 2.74 bits per heavy atom. The van der Waals surface area contributed by atoms with Gasteiger partial charge in [0.2, 0.25) is 10.0 Å². The number of nitrogens with zero attached hydrogens (tertiary/aromatic N) is 3. The fourth-order valence-corrected chi connectivity index (χ4v) is 6.76. The predicted molar refractivity (Wildman–Crippen MR) is 125 cm³/mol. The van der Waals surface area contributed by atoms with Gasteiger partial charge in [0.15, 0.2) is 0 Å². The summed E-state index contributed by atoms with van der Waals surface area (Å²) in [6.45, 7) is 2.40. The molecule has 6 nitrogen and oxygen atoms in total. The smallest absolute Gasteiger partial charge is 0.242 e. The van der Waals surface area contributed by atoms with Crippen molar-refractivity contribution in [3.05, 3.63) is 75.7 Å². The van der Waals surface area contributed by atoms with Crippen molar-refractivity contribution in [2.45, 2.75) is 43.4 Å². The third-order valence-corrected chi connectivity index (χ3v) is 8.83. The zero-order valence-corrected chi connectivity index (χ0v) is 19.9. The minimum absolute atomic E-state index is 0.0558. The lowest BCUT2D eigenvalue weighted by atomic mass is 9.81. The summed E-state index contributed by atoms with van der Waals surface area (Å²) in [5.74, 6) is 0.455. The first-order chi connectivity index (χ1) is 14.9. The molecule has 0 saturated heterocycles. The molecule has 2 aromatic carbocycles. The first-order valence-electron chi connectivity index (χ1n) is 10.2. The van der Waals surface area contributed by atoms with Gasteiger partial charge in [-0.05, 0) is 54.2 Å². The highest BCUT2D eigenvalue weighted by molar-refractivity contribution is 9.10. The predicted octanol–water partition coefficient (Wildman–Crippen LogP) is 4.58. The number of hydrogen-bond donors (Lipinski definition) is 1. The molecule has 0 atom stereocenters. The molecule has 5 rings (SSSR count). The Labute approximate surface area is 195 Å². The van der Waals surface area contributed by atoms with Gasteiger partial charge in [0.1, 0.15) is 4.90 Å². The van der Waals surface area contributed by atoms with E-state index in [0.29, 0.717) is 5.92 Å². The van der Waals surface area contributed by atoms with Crippen LogP contribution >= 0.6 is 27.5 Å². The van der Waals surface area contributed by atoms with Crippen molar-refractivity contribution in [1.29, 1.82) is 0 Å². The van der Waals surface area contributed by atoms with Crippen LogP contribution in [0.3, 0.4) is 0 Å². The zero-order chi connectivity index (χ0) is 21.6. The van der Waals surface area contributed by atoms with Gasteiger partial charge in [-0.2, -0.15) is 0 Å². The third kappa shape index (κ3) is 4.26. The van der Waals surface area contributed by atoms with Gasteiger partial charge in [0, 0.05) is 48.2 Å². The summed E-state index contributed by atoms with van der Waals surface area (Å²) < 4.78 is 31.7. The molecule has 0 bridgehead atoms. The van der Waals surface area contributed by atoms with Gasteiger partial charge in [0.25, 0.3) is 0 Å². The van der Waals surface area contributed by atoms with Crippen LogP contribution in [0.5, 0.6) is 0 Å². The molecule has 9 heteroatoms. The molecular weight excluding hydrogens is 500 g/mol. The summed E-state index contributed by atoms with van der Waals surface area (Å²) in [5, 5.41) is 0.245. The van der Waals surface area contributed by atoms with E-state index in [4.69, 9.17) is 11.6 Å². The number of benzene rings is 2. The minimum Gasteiger partial charge on any atom is -0.363 e. The molecule has 1 aliphatic carbocycles. The first kappa shape index (κ1) is 21.0. The van der Waals surface area contributed by atoms with Crippen molar-refractivity contribution < 1.29 is 8.42 Å². The third-order valence-electron chi connectivity index (χ3n) is 6.08. The van der Waals surface area contributed by atoms with Crippen molar-refractivity contribution in [3.8, 4) is 0 Å². The normalized spacial score (nSPS) is 20.5. The number of rotatable bonds is 6. The summed E-state index contributed by atoms with van der Waals surface area (Å²) in [5.41, 5.74) is 3.43. The highest BCUT2D eigenvalue weighted by atomic mass is 79.9. The Kier molecular flexibility index (Phi) is 5.58. The Morgan fingerprint density at radius 2 is 2.03 bits per heavy atom. The van der Waals surface area contributed by atoms with Crippen molar-refractivity contribution >= 4 is 43.2 Å². The van der Waals surface area contributed by atoms with Crippen LogP contribution in [0.2, 0.25) is 5.02 Å². The first-order valence-corrected chi connectivity index (χ1v) is 12.8. The average Bonchev–Trinajstić information content (AvgIpc) is 3.36. The van der Waals surface area contributed by atoms with Crippen LogP contribution in [-0.4, -0.2) is 24.0 Å². The molecule has 0 amide bonds. The molecule has 1 aromatic heterocycles. The Hall–Kier alpha value is -1.87. The van der Waals surface area contributed by atoms with Crippen LogP contribution in [0.25, 0.3) is 0 Å². The molecule has 2 heterocycles. The van der Waals surface area contributed by atoms with E-state index in [-0.39, 0.29) is 16.0 Å². The molecule has 162 valence electrons. The molecule has 31 heavy (non-hydrogen) atoms. The van der Waals surface area contributed by atoms with Crippen LogP contribution in [0.15, 0.2) is 64.5 Å². The van der Waals surface area contributed by atoms with E-state index in [1.165, 1.54) is 11.1 Å². The van der Waals surface area contributed by atoms with E-state index < -0.39 is 10.0 Å². The van der Waals surface area contributed by atoms with E-state index in [9.17, 15) is 8.42 Å². The maximum Gasteiger partial charge on any atom is 0.242 e. The minimum atomic E-state index is -3.66. The number of sulfonamides is 1. The maximum atomic E-state index is 12.9. The molecule has 0 spiro atoms. The summed E-state index contributed by atoms with van der Waals surface area (Å²) in [6.07, 6.45) is 7.10. The molecular formula is C22H22BrClN4O2S. The van der Waals surface area contributed by atoms with Crippen molar-refractivity contribution in [3.63, 3.8) is 0 Å². The SMILES string of the molecule is O=S(=O)(NC1CC(Cn2ccnc2)C1)c1ccc(N2Cc3cccc(Br)c3C2)cc1Cl. The van der Waals surface area contributed by atoms with Crippen LogP contribution in [-0.2, 0) is 29.7 Å². The number of halogens is 2. The van der Waals surface area contributed by atoms with Gasteiger partial charge in [-0.15, -0.1) is 0 Å². The maximum absolute atomic E-state index is 12.9. The average molecular weight is 522 g/mol. The number of anilines is 1. The molecule has 1 aliphatic heterocycles. The Morgan fingerprint density at radius 1 is 1.19 bits per heavy atom. The quantitative estimate of drug-likeness (QED) is 0.516. The highest BCUT2D eigenvalue weighted by Gasteiger charge is 2.33. The Bertz CT molecular complexity index is 1210. The lowest BCUT2D eigenvalue weighted by Crippen LogP contribution is -2.45. The lowest BCUT2D eigenvalue weighted by Gasteiger charge is -2.35. The van der Waals surface area contributed by atoms with E-state index >= 15 is 0 Å². The second-order valence-electron chi connectivity index (χ2n) is 8.26. The molecule has 1 N–H and O–H groups in total. The van der Waals surface area contributed by atoms with Gasteiger partial charge < -0.3 is 9.47 Å². The fourth-order valence-electron chi connectivity index (χ4n) is 4.42. The fraction of sp³-hybridized carbons (Fsp3) is 0.318. The van der Waals surface area contributed by atoms with E-state index in [1.54, 1.807) is 24.7 Å². The van der Waals surface area contributed by atoms with Crippen molar-refractivity contribution in [1.82, 2.24) is 14.3 Å². The number of hydrogen-bond acceptors (Lipinski definition) is 4. The molecule has 0 unspecified atom stereocenters. The largest absolute Gasteiger partial charge is 0.363 e. The summed E-state index contributed by atoms with van der Waals surface area (Å²) >= 11 is 10.0. The summed E-state index contributed by atoms with van der Waals surface area (Å²) in [7, 11) is -3.66. The molecule has 3 aromatic rings. The van der Waals surface area contributed by atoms with Gasteiger partial charge in [-0.1, -0.05) is 39.7 Å². The van der Waals surface area contributed by atoms with Crippen LogP contribution in [0, 0.1) is 5.92 Å². The molecule has 2 aliphatic rings. The standard InChI is InChI=1S/C22H22BrClN4O2S/c23-20-3-1-2-16-12-28(13-19(16)20)18-4-5-22(21(24)10-18)31(29,30)26-17-8-15(9-17)11-27-7-6-25-14-27/h1-7,10,14-15,17,26H,8-9,11-13H2. The van der Waals surface area contributed by atoms with E-state index in [1.807, 2.05) is 29.0 Å². The molecule has 1 saturated carbocycles. The number of aromatic nitrogens is 2. The van der Waals surface area contributed by atoms with Gasteiger partial charge in [-0.3, -0.25) is 0 Å². The van der Waals surface area contributed by atoms with Crippen molar-refractivity contribution in [2.24, 2.45) is 5.92 Å².